The quantitative estimate of drug-likeness (QED) is 0.707. The van der Waals surface area contributed by atoms with Gasteiger partial charge in [-0.15, -0.1) is 10.2 Å². The van der Waals surface area contributed by atoms with Gasteiger partial charge in [0.05, 0.1) is 6.54 Å². The predicted octanol–water partition coefficient (Wildman–Crippen LogP) is 3.97. The summed E-state index contributed by atoms with van der Waals surface area (Å²) >= 11 is 0. The predicted molar refractivity (Wildman–Crippen MR) is 84.7 cm³/mol. The lowest BCUT2D eigenvalue weighted by molar-refractivity contribution is 0.0766. The van der Waals surface area contributed by atoms with E-state index < -0.39 is 18.1 Å². The van der Waals surface area contributed by atoms with Gasteiger partial charge in [-0.1, -0.05) is 30.3 Å². The van der Waals surface area contributed by atoms with Crippen LogP contribution >= 0.6 is 0 Å². The van der Waals surface area contributed by atoms with Gasteiger partial charge in [-0.05, 0) is 17.7 Å². The zero-order chi connectivity index (χ0) is 18.3. The van der Waals surface area contributed by atoms with E-state index >= 15 is 0 Å². The number of halogens is 3. The number of carbonyl (C=O) groups is 1. The van der Waals surface area contributed by atoms with Crippen LogP contribution in [-0.4, -0.2) is 21.0 Å². The minimum atomic E-state index is -2.92. The molecule has 0 atom stereocenters. The molecule has 132 valence electrons. The molecule has 0 fully saturated rings. The number of fused-ring (bicyclic) bond motifs is 1. The number of amides is 1. The second-order valence-electron chi connectivity index (χ2n) is 5.88. The van der Waals surface area contributed by atoms with Crippen LogP contribution in [0.4, 0.5) is 13.2 Å². The Morgan fingerprint density at radius 1 is 1.15 bits per heavy atom. The highest BCUT2D eigenvalue weighted by molar-refractivity contribution is 5.99. The van der Waals surface area contributed by atoms with E-state index in [1.807, 2.05) is 30.3 Å². The molecule has 0 unspecified atom stereocenters. The number of nitrogens with zero attached hydrogens (tertiary/aromatic N) is 3. The maximum absolute atomic E-state index is 14.5. The minimum Gasteiger partial charge on any atom is -0.415 e. The highest BCUT2D eigenvalue weighted by Crippen LogP contribution is 2.32. The van der Waals surface area contributed by atoms with E-state index in [0.717, 1.165) is 11.6 Å². The zero-order valence-electron chi connectivity index (χ0n) is 13.3. The van der Waals surface area contributed by atoms with Crippen LogP contribution in [-0.2, 0) is 13.1 Å². The van der Waals surface area contributed by atoms with Crippen LogP contribution in [0.3, 0.4) is 0 Å². The van der Waals surface area contributed by atoms with Crippen LogP contribution in [0.2, 0.25) is 0 Å². The monoisotopic (exact) mass is 359 g/mol. The molecule has 0 aliphatic carbocycles. The number of aromatic nitrogens is 2. The van der Waals surface area contributed by atoms with Gasteiger partial charge in [0.1, 0.15) is 5.82 Å². The summed E-state index contributed by atoms with van der Waals surface area (Å²) in [7, 11) is 0. The Labute approximate surface area is 146 Å². The fourth-order valence-corrected chi connectivity index (χ4v) is 2.92. The Morgan fingerprint density at radius 2 is 1.92 bits per heavy atom. The molecule has 0 spiro atoms. The first-order valence-corrected chi connectivity index (χ1v) is 7.80. The number of carbonyl (C=O) groups excluding carboxylic acids is 1. The Kier molecular flexibility index (Phi) is 3.95. The molecule has 1 aliphatic heterocycles. The molecule has 0 bridgehead atoms. The van der Waals surface area contributed by atoms with E-state index in [1.54, 1.807) is 0 Å². The maximum Gasteiger partial charge on any atom is 0.314 e. The first-order valence-electron chi connectivity index (χ1n) is 7.80. The highest BCUT2D eigenvalue weighted by Gasteiger charge is 2.31. The standard InChI is InChI=1S/C18H12F3N3O2/c19-14-7-11(16-22-23-17(26-16)15(20)21)6-12-13(14)9-24(18(12)25)8-10-4-2-1-3-5-10/h1-7,15H,8-9H2. The molecular weight excluding hydrogens is 347 g/mol. The van der Waals surface area contributed by atoms with Crippen LogP contribution in [0.1, 0.15) is 33.8 Å². The van der Waals surface area contributed by atoms with Gasteiger partial charge in [0, 0.05) is 23.2 Å². The summed E-state index contributed by atoms with van der Waals surface area (Å²) in [4.78, 5) is 14.1. The third-order valence-corrected chi connectivity index (χ3v) is 4.15. The van der Waals surface area contributed by atoms with Gasteiger partial charge in [0.2, 0.25) is 5.89 Å². The van der Waals surface area contributed by atoms with E-state index in [4.69, 9.17) is 4.42 Å². The minimum absolute atomic E-state index is 0.0931. The molecule has 1 aliphatic rings. The molecule has 1 amide bonds. The summed E-state index contributed by atoms with van der Waals surface area (Å²) in [6.45, 7) is 0.487. The summed E-state index contributed by atoms with van der Waals surface area (Å²) in [5.74, 6) is -2.05. The molecule has 3 aromatic rings. The Bertz CT molecular complexity index is 973. The number of rotatable bonds is 4. The van der Waals surface area contributed by atoms with Crippen molar-refractivity contribution in [3.05, 3.63) is 70.9 Å². The molecule has 0 saturated carbocycles. The lowest BCUT2D eigenvalue weighted by Gasteiger charge is -2.15. The fourth-order valence-electron chi connectivity index (χ4n) is 2.92. The van der Waals surface area contributed by atoms with E-state index in [-0.39, 0.29) is 35.0 Å². The number of hydrogen-bond acceptors (Lipinski definition) is 4. The van der Waals surface area contributed by atoms with Crippen LogP contribution in [0, 0.1) is 5.82 Å². The van der Waals surface area contributed by atoms with Gasteiger partial charge < -0.3 is 9.32 Å². The van der Waals surface area contributed by atoms with Crippen LogP contribution in [0.5, 0.6) is 0 Å². The second-order valence-corrected chi connectivity index (χ2v) is 5.88. The molecule has 2 heterocycles. The number of benzene rings is 2. The van der Waals surface area contributed by atoms with Crippen molar-refractivity contribution in [1.82, 2.24) is 15.1 Å². The average molecular weight is 359 g/mol. The van der Waals surface area contributed by atoms with Crippen LogP contribution < -0.4 is 0 Å². The Balaban J connectivity index is 1.65. The smallest absolute Gasteiger partial charge is 0.314 e. The first kappa shape index (κ1) is 16.3. The van der Waals surface area contributed by atoms with Gasteiger partial charge in [-0.2, -0.15) is 8.78 Å². The van der Waals surface area contributed by atoms with Gasteiger partial charge >= 0.3 is 6.43 Å². The number of alkyl halides is 2. The van der Waals surface area contributed by atoms with Crippen molar-refractivity contribution < 1.29 is 22.4 Å². The summed E-state index contributed by atoms with van der Waals surface area (Å²) in [6, 6.07) is 11.9. The average Bonchev–Trinajstić information content (AvgIpc) is 3.23. The van der Waals surface area contributed by atoms with E-state index in [1.165, 1.54) is 11.0 Å². The van der Waals surface area contributed by atoms with Gasteiger partial charge in [0.25, 0.3) is 11.8 Å². The van der Waals surface area contributed by atoms with Crippen molar-refractivity contribution >= 4 is 5.91 Å². The number of hydrogen-bond donors (Lipinski definition) is 0. The molecule has 4 rings (SSSR count). The normalized spacial score (nSPS) is 13.5. The Hall–Kier alpha value is -3.16. The van der Waals surface area contributed by atoms with Crippen molar-refractivity contribution in [3.63, 3.8) is 0 Å². The molecule has 0 saturated heterocycles. The van der Waals surface area contributed by atoms with Crippen molar-refractivity contribution in [2.24, 2.45) is 0 Å². The van der Waals surface area contributed by atoms with Crippen molar-refractivity contribution in [1.29, 1.82) is 0 Å². The van der Waals surface area contributed by atoms with Crippen molar-refractivity contribution in [2.75, 3.05) is 0 Å². The largest absolute Gasteiger partial charge is 0.415 e. The van der Waals surface area contributed by atoms with Crippen molar-refractivity contribution in [3.8, 4) is 11.5 Å². The molecule has 0 radical (unpaired) electrons. The lowest BCUT2D eigenvalue weighted by Crippen LogP contribution is -2.23. The van der Waals surface area contributed by atoms with E-state index in [0.29, 0.717) is 6.54 Å². The fraction of sp³-hybridized carbons (Fsp3) is 0.167. The third-order valence-electron chi connectivity index (χ3n) is 4.15. The highest BCUT2D eigenvalue weighted by atomic mass is 19.3. The third kappa shape index (κ3) is 2.83. The molecule has 5 nitrogen and oxygen atoms in total. The van der Waals surface area contributed by atoms with Crippen LogP contribution in [0.25, 0.3) is 11.5 Å². The SMILES string of the molecule is O=C1c2cc(-c3nnc(C(F)F)o3)cc(F)c2CN1Cc1ccccc1. The van der Waals surface area contributed by atoms with E-state index in [2.05, 4.69) is 10.2 Å². The van der Waals surface area contributed by atoms with Crippen LogP contribution in [0.15, 0.2) is 46.9 Å². The molecule has 1 aromatic heterocycles. The topological polar surface area (TPSA) is 59.2 Å². The molecule has 26 heavy (non-hydrogen) atoms. The molecule has 0 N–H and O–H groups in total. The summed E-state index contributed by atoms with van der Waals surface area (Å²) in [5, 5.41) is 6.72. The van der Waals surface area contributed by atoms with Gasteiger partial charge in [0.15, 0.2) is 0 Å². The van der Waals surface area contributed by atoms with E-state index in [9.17, 15) is 18.0 Å². The molecular formula is C18H12F3N3O2. The van der Waals surface area contributed by atoms with Crippen molar-refractivity contribution in [2.45, 2.75) is 19.5 Å². The zero-order valence-corrected chi connectivity index (χ0v) is 13.3. The lowest BCUT2D eigenvalue weighted by atomic mass is 10.1. The van der Waals surface area contributed by atoms with Gasteiger partial charge in [-0.3, -0.25) is 4.79 Å². The summed E-state index contributed by atoms with van der Waals surface area (Å²) in [6.07, 6.45) is -2.92. The Morgan fingerprint density at radius 3 is 2.62 bits per heavy atom. The second kappa shape index (κ2) is 6.29. The molecule has 8 heteroatoms. The first-order chi connectivity index (χ1) is 12.5. The maximum atomic E-state index is 14.5. The van der Waals surface area contributed by atoms with Gasteiger partial charge in [-0.25, -0.2) is 4.39 Å². The molecule has 2 aromatic carbocycles. The summed E-state index contributed by atoms with van der Waals surface area (Å²) in [5.41, 5.74) is 1.46. The summed E-state index contributed by atoms with van der Waals surface area (Å²) < 4.78 is 44.5.